The molecular weight excluding hydrogens is 190 g/mol. The molecule has 0 radical (unpaired) electrons. The van der Waals surface area contributed by atoms with Crippen molar-refractivity contribution in [3.63, 3.8) is 0 Å². The minimum absolute atomic E-state index is 0.257. The van der Waals surface area contributed by atoms with Crippen LogP contribution < -0.4 is 5.32 Å². The topological polar surface area (TPSA) is 30.5 Å². The summed E-state index contributed by atoms with van der Waals surface area (Å²) in [6, 6.07) is 0. The normalized spacial score (nSPS) is 28.2. The van der Waals surface area contributed by atoms with Crippen LogP contribution in [0.3, 0.4) is 0 Å². The van der Waals surface area contributed by atoms with Gasteiger partial charge in [0.2, 0.25) is 0 Å². The maximum atomic E-state index is 5.98. The van der Waals surface area contributed by atoms with E-state index in [0.717, 1.165) is 39.1 Å². The zero-order chi connectivity index (χ0) is 10.9. The molecule has 0 saturated carbocycles. The Morgan fingerprint density at radius 1 is 1.07 bits per heavy atom. The van der Waals surface area contributed by atoms with Gasteiger partial charge >= 0.3 is 0 Å². The van der Waals surface area contributed by atoms with E-state index >= 15 is 0 Å². The molecule has 2 heterocycles. The van der Waals surface area contributed by atoms with Crippen LogP contribution in [0.1, 0.15) is 33.6 Å². The van der Waals surface area contributed by atoms with Gasteiger partial charge in [0, 0.05) is 31.8 Å². The third-order valence-corrected chi connectivity index (χ3v) is 3.69. The minimum Gasteiger partial charge on any atom is -0.349 e. The van der Waals surface area contributed by atoms with Crippen LogP contribution in [-0.2, 0) is 9.47 Å². The molecule has 3 nitrogen and oxygen atoms in total. The second-order valence-corrected chi connectivity index (χ2v) is 5.85. The van der Waals surface area contributed by atoms with Crippen molar-refractivity contribution in [3.05, 3.63) is 0 Å². The number of hydrogen-bond acceptors (Lipinski definition) is 3. The van der Waals surface area contributed by atoms with Crippen LogP contribution in [0.25, 0.3) is 0 Å². The van der Waals surface area contributed by atoms with Crippen LogP contribution in [0.5, 0.6) is 0 Å². The van der Waals surface area contributed by atoms with Gasteiger partial charge < -0.3 is 14.8 Å². The molecule has 2 rings (SSSR count). The van der Waals surface area contributed by atoms with E-state index < -0.39 is 0 Å². The SMILES string of the molecule is CC(C)(C)C1COC2(CCNCC2)OC1. The fourth-order valence-electron chi connectivity index (χ4n) is 2.19. The summed E-state index contributed by atoms with van der Waals surface area (Å²) in [5.41, 5.74) is 0.286. The summed E-state index contributed by atoms with van der Waals surface area (Å²) in [5, 5.41) is 3.34. The molecule has 0 bridgehead atoms. The molecule has 0 atom stereocenters. The van der Waals surface area contributed by atoms with Gasteiger partial charge in [0.1, 0.15) is 0 Å². The lowest BCUT2D eigenvalue weighted by Crippen LogP contribution is -2.52. The first-order valence-electron chi connectivity index (χ1n) is 6.00. The van der Waals surface area contributed by atoms with E-state index in [4.69, 9.17) is 9.47 Å². The number of ether oxygens (including phenoxy) is 2. The Kier molecular flexibility index (Phi) is 3.06. The van der Waals surface area contributed by atoms with Crippen molar-refractivity contribution >= 4 is 0 Å². The predicted molar refractivity (Wildman–Crippen MR) is 59.7 cm³/mol. The summed E-state index contributed by atoms with van der Waals surface area (Å²) >= 11 is 0. The Hall–Kier alpha value is -0.120. The monoisotopic (exact) mass is 213 g/mol. The summed E-state index contributed by atoms with van der Waals surface area (Å²) < 4.78 is 12.0. The Morgan fingerprint density at radius 2 is 1.60 bits per heavy atom. The smallest absolute Gasteiger partial charge is 0.170 e. The molecule has 0 unspecified atom stereocenters. The van der Waals surface area contributed by atoms with Crippen LogP contribution in [0, 0.1) is 11.3 Å². The molecule has 2 aliphatic rings. The van der Waals surface area contributed by atoms with E-state index in [2.05, 4.69) is 26.1 Å². The van der Waals surface area contributed by atoms with Gasteiger partial charge in [-0.25, -0.2) is 0 Å². The first-order valence-corrected chi connectivity index (χ1v) is 6.00. The quantitative estimate of drug-likeness (QED) is 0.665. The van der Waals surface area contributed by atoms with E-state index in [-0.39, 0.29) is 11.2 Å². The molecule has 0 aromatic rings. The maximum Gasteiger partial charge on any atom is 0.170 e. The van der Waals surface area contributed by atoms with Crippen molar-refractivity contribution in [1.82, 2.24) is 5.32 Å². The largest absolute Gasteiger partial charge is 0.349 e. The maximum absolute atomic E-state index is 5.98. The Labute approximate surface area is 92.5 Å². The van der Waals surface area contributed by atoms with Crippen molar-refractivity contribution in [2.75, 3.05) is 26.3 Å². The molecule has 1 N–H and O–H groups in total. The highest BCUT2D eigenvalue weighted by Gasteiger charge is 2.41. The zero-order valence-corrected chi connectivity index (χ0v) is 10.1. The molecule has 2 saturated heterocycles. The van der Waals surface area contributed by atoms with Gasteiger partial charge in [0.05, 0.1) is 13.2 Å². The van der Waals surface area contributed by atoms with Crippen LogP contribution in [0.4, 0.5) is 0 Å². The fraction of sp³-hybridized carbons (Fsp3) is 1.00. The van der Waals surface area contributed by atoms with Crippen molar-refractivity contribution in [2.24, 2.45) is 11.3 Å². The first-order chi connectivity index (χ1) is 7.02. The number of rotatable bonds is 0. The standard InChI is InChI=1S/C12H23NO2/c1-11(2,3)10-8-14-12(15-9-10)4-6-13-7-5-12/h10,13H,4-9H2,1-3H3. The van der Waals surface area contributed by atoms with Gasteiger partial charge in [0.15, 0.2) is 5.79 Å². The minimum atomic E-state index is -0.257. The lowest BCUT2D eigenvalue weighted by molar-refractivity contribution is -0.301. The van der Waals surface area contributed by atoms with Crippen LogP contribution in [0.2, 0.25) is 0 Å². The lowest BCUT2D eigenvalue weighted by atomic mass is 9.81. The van der Waals surface area contributed by atoms with Gasteiger partial charge in [0.25, 0.3) is 0 Å². The first kappa shape index (κ1) is 11.4. The average molecular weight is 213 g/mol. The Morgan fingerprint density at radius 3 is 2.07 bits per heavy atom. The fourth-order valence-corrected chi connectivity index (χ4v) is 2.19. The molecule has 0 aromatic heterocycles. The summed E-state index contributed by atoms with van der Waals surface area (Å²) in [5.74, 6) is 0.269. The van der Waals surface area contributed by atoms with E-state index in [9.17, 15) is 0 Å². The van der Waals surface area contributed by atoms with Gasteiger partial charge in [-0.15, -0.1) is 0 Å². The molecule has 0 amide bonds. The van der Waals surface area contributed by atoms with Crippen molar-refractivity contribution < 1.29 is 9.47 Å². The molecule has 0 aliphatic carbocycles. The summed E-state index contributed by atoms with van der Waals surface area (Å²) in [7, 11) is 0. The summed E-state index contributed by atoms with van der Waals surface area (Å²) in [6.45, 7) is 10.5. The molecular formula is C12H23NO2. The van der Waals surface area contributed by atoms with Gasteiger partial charge in [-0.3, -0.25) is 0 Å². The highest BCUT2D eigenvalue weighted by molar-refractivity contribution is 4.84. The van der Waals surface area contributed by atoms with Crippen molar-refractivity contribution in [2.45, 2.75) is 39.4 Å². The lowest BCUT2D eigenvalue weighted by Gasteiger charge is -2.45. The third kappa shape index (κ3) is 2.52. The van der Waals surface area contributed by atoms with Crippen LogP contribution in [0.15, 0.2) is 0 Å². The van der Waals surface area contributed by atoms with E-state index in [1.54, 1.807) is 0 Å². The molecule has 2 aliphatic heterocycles. The van der Waals surface area contributed by atoms with Crippen molar-refractivity contribution in [3.8, 4) is 0 Å². The van der Waals surface area contributed by atoms with E-state index in [1.165, 1.54) is 0 Å². The van der Waals surface area contributed by atoms with Crippen LogP contribution >= 0.6 is 0 Å². The van der Waals surface area contributed by atoms with Crippen LogP contribution in [-0.4, -0.2) is 32.1 Å². The zero-order valence-electron chi connectivity index (χ0n) is 10.1. The molecule has 0 aromatic carbocycles. The number of nitrogens with one attached hydrogen (secondary N) is 1. The van der Waals surface area contributed by atoms with Gasteiger partial charge in [-0.05, 0) is 5.41 Å². The Bertz CT molecular complexity index is 206. The van der Waals surface area contributed by atoms with Gasteiger partial charge in [-0.2, -0.15) is 0 Å². The number of piperidine rings is 1. The molecule has 1 spiro atoms. The summed E-state index contributed by atoms with van der Waals surface area (Å²) in [6.07, 6.45) is 1.98. The van der Waals surface area contributed by atoms with Crippen molar-refractivity contribution in [1.29, 1.82) is 0 Å². The van der Waals surface area contributed by atoms with E-state index in [0.29, 0.717) is 5.92 Å². The van der Waals surface area contributed by atoms with E-state index in [1.807, 2.05) is 0 Å². The number of hydrogen-bond donors (Lipinski definition) is 1. The average Bonchev–Trinajstić information content (AvgIpc) is 2.18. The van der Waals surface area contributed by atoms with Gasteiger partial charge in [-0.1, -0.05) is 20.8 Å². The third-order valence-electron chi connectivity index (χ3n) is 3.69. The highest BCUT2D eigenvalue weighted by Crippen LogP contribution is 2.36. The second kappa shape index (κ2) is 4.04. The molecule has 3 heteroatoms. The molecule has 15 heavy (non-hydrogen) atoms. The molecule has 2 fully saturated rings. The predicted octanol–water partition coefficient (Wildman–Crippen LogP) is 1.78. The Balaban J connectivity index is 1.91. The second-order valence-electron chi connectivity index (χ2n) is 5.85. The summed E-state index contributed by atoms with van der Waals surface area (Å²) in [4.78, 5) is 0. The molecule has 88 valence electrons. The highest BCUT2D eigenvalue weighted by atomic mass is 16.7.